The van der Waals surface area contributed by atoms with Crippen LogP contribution in [0.1, 0.15) is 27.9 Å². The Morgan fingerprint density at radius 3 is 2.44 bits per heavy atom. The first-order valence-electron chi connectivity index (χ1n) is 10.6. The number of rotatable bonds is 8. The molecule has 2 amide bonds. The Kier molecular flexibility index (Phi) is 8.16. The van der Waals surface area contributed by atoms with Crippen LogP contribution in [0.25, 0.3) is 6.08 Å². The number of hydrazine groups is 1. The number of thioether (sulfide) groups is 1. The number of benzene rings is 3. The van der Waals surface area contributed by atoms with E-state index in [4.69, 9.17) is 17.0 Å². The van der Waals surface area contributed by atoms with Crippen LogP contribution in [0.2, 0.25) is 0 Å². The van der Waals surface area contributed by atoms with Gasteiger partial charge in [0.1, 0.15) is 5.75 Å². The second-order valence-electron chi connectivity index (χ2n) is 7.47. The van der Waals surface area contributed by atoms with E-state index in [0.29, 0.717) is 17.1 Å². The van der Waals surface area contributed by atoms with E-state index in [9.17, 15) is 9.59 Å². The van der Waals surface area contributed by atoms with Crippen LogP contribution < -0.4 is 10.2 Å². The van der Waals surface area contributed by atoms with E-state index in [0.717, 1.165) is 45.4 Å². The maximum atomic E-state index is 12.8. The number of nitrogens with zero attached hydrogens (tertiary/aromatic N) is 1. The standard InChI is InChI=1S/C26H21BrN2O3S2/c27-21-12-10-20(11-13-21)24(30)28-29-25(31)23(34-26(29)33)17-19-8-14-22(15-9-19)32-16-4-7-18-5-2-1-3-6-18/h1-3,5-6,8-15,17H,4,7,16H2,(H,28,30)/b23-17-. The Morgan fingerprint density at radius 1 is 1.03 bits per heavy atom. The number of nitrogens with one attached hydrogen (secondary N) is 1. The average molecular weight is 554 g/mol. The molecule has 1 saturated heterocycles. The van der Waals surface area contributed by atoms with Gasteiger partial charge in [0.2, 0.25) is 0 Å². The van der Waals surface area contributed by atoms with Crippen molar-refractivity contribution in [3.63, 3.8) is 0 Å². The molecule has 0 saturated carbocycles. The van der Waals surface area contributed by atoms with Gasteiger partial charge in [-0.15, -0.1) is 0 Å². The molecule has 0 aliphatic carbocycles. The Morgan fingerprint density at radius 2 is 1.74 bits per heavy atom. The molecule has 172 valence electrons. The second-order valence-corrected chi connectivity index (χ2v) is 10.1. The van der Waals surface area contributed by atoms with Crippen molar-refractivity contribution in [2.45, 2.75) is 12.8 Å². The fourth-order valence-corrected chi connectivity index (χ4v) is 4.70. The number of halogens is 1. The predicted molar refractivity (Wildman–Crippen MR) is 143 cm³/mol. The summed E-state index contributed by atoms with van der Waals surface area (Å²) in [5.41, 5.74) is 5.16. The van der Waals surface area contributed by atoms with E-state index < -0.39 is 5.91 Å². The molecule has 0 radical (unpaired) electrons. The Labute approximate surface area is 216 Å². The molecular weight excluding hydrogens is 532 g/mol. The summed E-state index contributed by atoms with van der Waals surface area (Å²) < 4.78 is 6.97. The summed E-state index contributed by atoms with van der Waals surface area (Å²) in [5.74, 6) is 0.0139. The quantitative estimate of drug-likeness (QED) is 0.211. The minimum atomic E-state index is -0.404. The third-order valence-corrected chi connectivity index (χ3v) is 6.84. The molecule has 1 heterocycles. The van der Waals surface area contributed by atoms with Gasteiger partial charge in [-0.1, -0.05) is 70.2 Å². The largest absolute Gasteiger partial charge is 0.494 e. The van der Waals surface area contributed by atoms with E-state index >= 15 is 0 Å². The lowest BCUT2D eigenvalue weighted by atomic mass is 10.1. The molecule has 0 unspecified atom stereocenters. The number of amides is 2. The van der Waals surface area contributed by atoms with Crippen molar-refractivity contribution in [1.29, 1.82) is 0 Å². The van der Waals surface area contributed by atoms with E-state index in [2.05, 4.69) is 33.5 Å². The van der Waals surface area contributed by atoms with Gasteiger partial charge in [-0.3, -0.25) is 15.0 Å². The number of ether oxygens (including phenoxy) is 1. The van der Waals surface area contributed by atoms with Crippen LogP contribution in [0.15, 0.2) is 88.2 Å². The number of hydrogen-bond acceptors (Lipinski definition) is 5. The zero-order valence-electron chi connectivity index (χ0n) is 18.1. The highest BCUT2D eigenvalue weighted by Crippen LogP contribution is 2.31. The van der Waals surface area contributed by atoms with Gasteiger partial charge < -0.3 is 4.74 Å². The summed E-state index contributed by atoms with van der Waals surface area (Å²) >= 11 is 9.79. The normalized spacial score (nSPS) is 14.5. The molecule has 1 aliphatic rings. The van der Waals surface area contributed by atoms with Crippen molar-refractivity contribution in [1.82, 2.24) is 10.4 Å². The molecular formula is C26H21BrN2O3S2. The monoisotopic (exact) mass is 552 g/mol. The number of carbonyl (C=O) groups excluding carboxylic acids is 2. The van der Waals surface area contributed by atoms with Crippen LogP contribution in [0.4, 0.5) is 0 Å². The Balaban J connectivity index is 1.31. The van der Waals surface area contributed by atoms with E-state index in [1.54, 1.807) is 30.3 Å². The van der Waals surface area contributed by atoms with Gasteiger partial charge in [0, 0.05) is 10.0 Å². The van der Waals surface area contributed by atoms with Gasteiger partial charge in [-0.2, -0.15) is 5.01 Å². The minimum absolute atomic E-state index is 0.278. The number of carbonyl (C=O) groups is 2. The van der Waals surface area contributed by atoms with Crippen molar-refractivity contribution in [2.75, 3.05) is 6.61 Å². The molecule has 1 aliphatic heterocycles. The van der Waals surface area contributed by atoms with E-state index in [1.807, 2.05) is 42.5 Å². The van der Waals surface area contributed by atoms with Gasteiger partial charge in [-0.25, -0.2) is 0 Å². The van der Waals surface area contributed by atoms with Gasteiger partial charge in [0.15, 0.2) is 4.32 Å². The van der Waals surface area contributed by atoms with Crippen LogP contribution in [-0.4, -0.2) is 27.8 Å². The molecule has 0 aromatic heterocycles. The van der Waals surface area contributed by atoms with Gasteiger partial charge in [0.25, 0.3) is 11.8 Å². The van der Waals surface area contributed by atoms with Gasteiger partial charge in [0.05, 0.1) is 11.5 Å². The summed E-state index contributed by atoms with van der Waals surface area (Å²) in [4.78, 5) is 25.7. The molecule has 8 heteroatoms. The van der Waals surface area contributed by atoms with Crippen LogP contribution in [0, 0.1) is 0 Å². The molecule has 3 aromatic carbocycles. The highest BCUT2D eigenvalue weighted by atomic mass is 79.9. The van der Waals surface area contributed by atoms with Crippen LogP contribution in [0.5, 0.6) is 5.75 Å². The number of hydrogen-bond donors (Lipinski definition) is 1. The van der Waals surface area contributed by atoms with Crippen LogP contribution in [0.3, 0.4) is 0 Å². The smallest absolute Gasteiger partial charge is 0.285 e. The third kappa shape index (κ3) is 6.34. The summed E-state index contributed by atoms with van der Waals surface area (Å²) in [6.07, 6.45) is 3.66. The van der Waals surface area contributed by atoms with Crippen LogP contribution in [-0.2, 0) is 11.2 Å². The first kappa shape index (κ1) is 24.2. The molecule has 4 rings (SSSR count). The topological polar surface area (TPSA) is 58.6 Å². The highest BCUT2D eigenvalue weighted by molar-refractivity contribution is 9.10. The number of aryl methyl sites for hydroxylation is 1. The van der Waals surface area contributed by atoms with E-state index in [-0.39, 0.29) is 10.2 Å². The third-order valence-electron chi connectivity index (χ3n) is 5.01. The first-order chi connectivity index (χ1) is 16.5. The maximum Gasteiger partial charge on any atom is 0.285 e. The van der Waals surface area contributed by atoms with Gasteiger partial charge >= 0.3 is 0 Å². The Bertz CT molecular complexity index is 1210. The fourth-order valence-electron chi connectivity index (χ4n) is 3.25. The molecule has 0 bridgehead atoms. The summed E-state index contributed by atoms with van der Waals surface area (Å²) in [6, 6.07) is 24.7. The summed E-state index contributed by atoms with van der Waals surface area (Å²) in [6.45, 7) is 0.630. The highest BCUT2D eigenvalue weighted by Gasteiger charge is 2.33. The van der Waals surface area contributed by atoms with Gasteiger partial charge in [-0.05, 0) is 78.7 Å². The maximum absolute atomic E-state index is 12.8. The average Bonchev–Trinajstić information content (AvgIpc) is 3.11. The lowest BCUT2D eigenvalue weighted by molar-refractivity contribution is -0.123. The first-order valence-corrected chi connectivity index (χ1v) is 12.6. The van der Waals surface area contributed by atoms with Crippen molar-refractivity contribution in [3.8, 4) is 5.75 Å². The molecule has 5 nitrogen and oxygen atoms in total. The molecule has 1 fully saturated rings. The SMILES string of the molecule is O=C(NN1C(=O)/C(=C/c2ccc(OCCCc3ccccc3)cc2)SC1=S)c1ccc(Br)cc1. The van der Waals surface area contributed by atoms with Crippen molar-refractivity contribution in [2.24, 2.45) is 0 Å². The van der Waals surface area contributed by atoms with E-state index in [1.165, 1.54) is 5.56 Å². The number of thiocarbonyl (C=S) groups is 1. The summed E-state index contributed by atoms with van der Waals surface area (Å²) in [5, 5.41) is 1.11. The van der Waals surface area contributed by atoms with Crippen molar-refractivity contribution >= 4 is 62.1 Å². The molecule has 0 spiro atoms. The second kappa shape index (κ2) is 11.5. The Hall–Kier alpha value is -2.94. The lowest BCUT2D eigenvalue weighted by Gasteiger charge is -2.15. The molecule has 0 atom stereocenters. The van der Waals surface area contributed by atoms with Crippen molar-refractivity contribution in [3.05, 3.63) is 105 Å². The molecule has 1 N–H and O–H groups in total. The zero-order chi connectivity index (χ0) is 23.9. The lowest BCUT2D eigenvalue weighted by Crippen LogP contribution is -2.44. The summed E-state index contributed by atoms with van der Waals surface area (Å²) in [7, 11) is 0. The fraction of sp³-hybridized carbons (Fsp3) is 0.115. The van der Waals surface area contributed by atoms with Crippen molar-refractivity contribution < 1.29 is 14.3 Å². The van der Waals surface area contributed by atoms with Crippen LogP contribution >= 0.6 is 39.9 Å². The predicted octanol–water partition coefficient (Wildman–Crippen LogP) is 6.01. The molecule has 34 heavy (non-hydrogen) atoms. The molecule has 3 aromatic rings. The zero-order valence-corrected chi connectivity index (χ0v) is 21.3. The minimum Gasteiger partial charge on any atom is -0.494 e.